The third kappa shape index (κ3) is 8.27. The summed E-state index contributed by atoms with van der Waals surface area (Å²) in [7, 11) is 0. The van der Waals surface area contributed by atoms with Gasteiger partial charge in [0.05, 0.1) is 5.69 Å². The molecule has 0 spiro atoms. The first-order chi connectivity index (χ1) is 26.3. The van der Waals surface area contributed by atoms with Gasteiger partial charge in [-0.15, -0.1) is 41.3 Å². The van der Waals surface area contributed by atoms with Gasteiger partial charge in [0.2, 0.25) is 0 Å². The summed E-state index contributed by atoms with van der Waals surface area (Å²) in [6, 6.07) is 33.4. The van der Waals surface area contributed by atoms with Crippen molar-refractivity contribution < 1.29 is 25.2 Å². The summed E-state index contributed by atoms with van der Waals surface area (Å²) in [6.07, 6.45) is 5.25. The van der Waals surface area contributed by atoms with Crippen LogP contribution in [0.25, 0.3) is 44.4 Å². The summed E-state index contributed by atoms with van der Waals surface area (Å²) >= 11 is 0. The van der Waals surface area contributed by atoms with Crippen LogP contribution in [0.3, 0.4) is 0 Å². The van der Waals surface area contributed by atoms with Gasteiger partial charge in [0, 0.05) is 34.5 Å². The average Bonchev–Trinajstić information content (AvgIpc) is 3.61. The largest absolute Gasteiger partial charge is 2.00 e. The average molecular weight is 849 g/mol. The molecular formula is C51H58N4OPd. The Morgan fingerprint density at radius 3 is 2.04 bits per heavy atom. The third-order valence-corrected chi connectivity index (χ3v) is 11.0. The van der Waals surface area contributed by atoms with Gasteiger partial charge >= 0.3 is 20.4 Å². The Balaban J connectivity index is 0.00000549. The SMILES string of the molecule is CCCCc1ccnc(-n2c3[c-]c(Oc4[c-]c(-n5nc(C)c(-c6c(C(C)(C)C)cc(C)cc6C(C)(C)C)c5C)cc(C(C)(C)C)c4)ccc3c3ccccc32)c1.[Pd+2]. The van der Waals surface area contributed by atoms with Gasteiger partial charge < -0.3 is 9.30 Å². The first-order valence-corrected chi connectivity index (χ1v) is 20.2. The van der Waals surface area contributed by atoms with Crippen LogP contribution >= 0.6 is 0 Å². The number of para-hydroxylation sites is 1. The maximum absolute atomic E-state index is 6.76. The van der Waals surface area contributed by atoms with Crippen LogP contribution in [0, 0.1) is 32.9 Å². The minimum absolute atomic E-state index is 0. The topological polar surface area (TPSA) is 44.9 Å². The fourth-order valence-electron chi connectivity index (χ4n) is 8.02. The Labute approximate surface area is 354 Å². The van der Waals surface area contributed by atoms with Gasteiger partial charge in [0.15, 0.2) is 0 Å². The molecule has 0 aliphatic carbocycles. The summed E-state index contributed by atoms with van der Waals surface area (Å²) in [5, 5.41) is 7.51. The normalized spacial score (nSPS) is 12.4. The van der Waals surface area contributed by atoms with Gasteiger partial charge in [0.1, 0.15) is 5.82 Å². The van der Waals surface area contributed by atoms with Crippen molar-refractivity contribution in [1.82, 2.24) is 19.3 Å². The van der Waals surface area contributed by atoms with Crippen LogP contribution in [0.15, 0.2) is 79.0 Å². The fourth-order valence-corrected chi connectivity index (χ4v) is 8.02. The molecule has 0 atom stereocenters. The minimum Gasteiger partial charge on any atom is -0.509 e. The van der Waals surface area contributed by atoms with E-state index in [2.05, 4.69) is 178 Å². The monoisotopic (exact) mass is 848 g/mol. The molecular weight excluding hydrogens is 791 g/mol. The Morgan fingerprint density at radius 1 is 0.702 bits per heavy atom. The van der Waals surface area contributed by atoms with Gasteiger partial charge in [-0.25, -0.2) is 4.98 Å². The standard InChI is InChI=1S/C51H58N4O.Pd/c1-14-15-18-35-23-24-52-46(27-35)54-44-20-17-16-19-40(44)41-22-21-38(31-45(41)54)56-39-29-36(49(5,6)7)28-37(30-39)55-34(4)47(33(3)53-55)48-42(50(8,9)10)25-32(2)26-43(48)51(11,12)13;/h16-17,19-29H,14-15,18H2,1-13H3;/q-2;+2. The molecule has 0 amide bonds. The van der Waals surface area contributed by atoms with Crippen LogP contribution in [-0.4, -0.2) is 19.3 Å². The number of nitrogens with zero attached hydrogens (tertiary/aromatic N) is 4. The maximum Gasteiger partial charge on any atom is 2.00 e. The number of fused-ring (bicyclic) bond motifs is 3. The number of pyridine rings is 1. The number of hydrogen-bond acceptors (Lipinski definition) is 3. The van der Waals surface area contributed by atoms with Gasteiger partial charge in [0.25, 0.3) is 0 Å². The molecule has 0 aliphatic rings. The van der Waals surface area contributed by atoms with Crippen molar-refractivity contribution in [2.45, 2.75) is 126 Å². The number of benzene rings is 4. The van der Waals surface area contributed by atoms with Crippen LogP contribution in [0.4, 0.5) is 0 Å². The van der Waals surface area contributed by atoms with Crippen molar-refractivity contribution in [2.24, 2.45) is 0 Å². The van der Waals surface area contributed by atoms with Crippen molar-refractivity contribution >= 4 is 21.8 Å². The quantitative estimate of drug-likeness (QED) is 0.113. The second-order valence-corrected chi connectivity index (χ2v) is 18.7. The van der Waals surface area contributed by atoms with E-state index in [9.17, 15) is 0 Å². The smallest absolute Gasteiger partial charge is 0.509 e. The van der Waals surface area contributed by atoms with Crippen LogP contribution in [0.1, 0.15) is 121 Å². The second kappa shape index (κ2) is 15.7. The molecule has 5 nitrogen and oxygen atoms in total. The minimum atomic E-state index is -0.148. The van der Waals surface area contributed by atoms with Crippen molar-refractivity contribution in [3.63, 3.8) is 0 Å². The van der Waals surface area contributed by atoms with E-state index in [0.717, 1.165) is 69.5 Å². The number of aromatic nitrogens is 4. The van der Waals surface area contributed by atoms with Gasteiger partial charge in [-0.3, -0.25) is 4.68 Å². The second-order valence-electron chi connectivity index (χ2n) is 18.7. The molecule has 6 heteroatoms. The summed E-state index contributed by atoms with van der Waals surface area (Å²) in [6.45, 7) is 29.3. The Morgan fingerprint density at radius 2 is 1.39 bits per heavy atom. The van der Waals surface area contributed by atoms with E-state index in [1.54, 1.807) is 0 Å². The van der Waals surface area contributed by atoms with Crippen molar-refractivity contribution in [1.29, 1.82) is 0 Å². The van der Waals surface area contributed by atoms with Crippen molar-refractivity contribution in [2.75, 3.05) is 0 Å². The fraction of sp³-hybridized carbons (Fsp3) is 0.373. The van der Waals surface area contributed by atoms with E-state index in [-0.39, 0.29) is 36.7 Å². The maximum atomic E-state index is 6.76. The first kappa shape index (κ1) is 42.1. The van der Waals surface area contributed by atoms with Crippen LogP contribution in [-0.2, 0) is 43.1 Å². The van der Waals surface area contributed by atoms with Gasteiger partial charge in [-0.05, 0) is 101 Å². The first-order valence-electron chi connectivity index (χ1n) is 20.2. The number of unbranched alkanes of at least 4 members (excludes halogenated alkanes) is 1. The summed E-state index contributed by atoms with van der Waals surface area (Å²) in [5.74, 6) is 2.14. The molecule has 3 heterocycles. The molecule has 0 saturated carbocycles. The van der Waals surface area contributed by atoms with E-state index in [4.69, 9.17) is 14.8 Å². The Hall–Kier alpha value is -4.50. The predicted molar refractivity (Wildman–Crippen MR) is 234 cm³/mol. The molecule has 0 saturated heterocycles. The molecule has 0 N–H and O–H groups in total. The van der Waals surface area contributed by atoms with E-state index in [0.29, 0.717) is 11.5 Å². The molecule has 57 heavy (non-hydrogen) atoms. The molecule has 298 valence electrons. The van der Waals surface area contributed by atoms with E-state index in [1.165, 1.54) is 33.4 Å². The number of hydrogen-bond donors (Lipinski definition) is 0. The number of ether oxygens (including phenoxy) is 1. The van der Waals surface area contributed by atoms with Gasteiger partial charge in [-0.1, -0.05) is 117 Å². The molecule has 4 aromatic carbocycles. The zero-order valence-electron chi connectivity index (χ0n) is 36.1. The van der Waals surface area contributed by atoms with E-state index < -0.39 is 0 Å². The Bertz CT molecular complexity index is 2550. The van der Waals surface area contributed by atoms with E-state index in [1.807, 2.05) is 12.3 Å². The molecule has 0 aliphatic heterocycles. The van der Waals surface area contributed by atoms with Crippen molar-refractivity contribution in [3.8, 4) is 34.1 Å². The molecule has 3 aromatic heterocycles. The third-order valence-electron chi connectivity index (χ3n) is 11.0. The van der Waals surface area contributed by atoms with E-state index >= 15 is 0 Å². The zero-order chi connectivity index (χ0) is 40.3. The predicted octanol–water partition coefficient (Wildman–Crippen LogP) is 13.6. The van der Waals surface area contributed by atoms with Crippen LogP contribution in [0.5, 0.6) is 11.5 Å². The zero-order valence-corrected chi connectivity index (χ0v) is 37.7. The molecule has 0 unspecified atom stereocenters. The number of aryl methyl sites for hydroxylation is 3. The van der Waals surface area contributed by atoms with Crippen LogP contribution in [0.2, 0.25) is 0 Å². The summed E-state index contributed by atoms with van der Waals surface area (Å²) in [4.78, 5) is 4.85. The number of rotatable bonds is 8. The van der Waals surface area contributed by atoms with Gasteiger partial charge in [-0.2, -0.15) is 11.2 Å². The summed E-state index contributed by atoms with van der Waals surface area (Å²) in [5.41, 5.74) is 13.6. The van der Waals surface area contributed by atoms with Crippen molar-refractivity contribution in [3.05, 3.63) is 130 Å². The summed E-state index contributed by atoms with van der Waals surface area (Å²) < 4.78 is 11.0. The Kier molecular flexibility index (Phi) is 11.6. The molecule has 0 bridgehead atoms. The molecule has 7 aromatic rings. The van der Waals surface area contributed by atoms with Crippen LogP contribution < -0.4 is 4.74 Å². The molecule has 0 fully saturated rings. The molecule has 7 rings (SSSR count). The molecule has 0 radical (unpaired) electrons.